The van der Waals surface area contributed by atoms with Crippen molar-refractivity contribution in [3.63, 3.8) is 0 Å². The molecule has 2 N–H and O–H groups in total. The maximum Gasteiger partial charge on any atom is 0.246 e. The summed E-state index contributed by atoms with van der Waals surface area (Å²) in [7, 11) is 0. The molecule has 110 valence electrons. The predicted molar refractivity (Wildman–Crippen MR) is 77.0 cm³/mol. The van der Waals surface area contributed by atoms with E-state index < -0.39 is 0 Å². The van der Waals surface area contributed by atoms with Gasteiger partial charge in [-0.2, -0.15) is 0 Å². The third-order valence-electron chi connectivity index (χ3n) is 2.41. The van der Waals surface area contributed by atoms with E-state index in [0.717, 1.165) is 5.56 Å². The van der Waals surface area contributed by atoms with Crippen LogP contribution in [-0.2, 0) is 20.9 Å². The van der Waals surface area contributed by atoms with Crippen LogP contribution in [-0.4, -0.2) is 30.6 Å². The smallest absolute Gasteiger partial charge is 0.246 e. The first kappa shape index (κ1) is 16.2. The number of rotatable bonds is 6. The summed E-state index contributed by atoms with van der Waals surface area (Å²) in [4.78, 5) is 23.0. The Balaban J connectivity index is 2.18. The lowest BCUT2D eigenvalue weighted by Gasteiger charge is -2.18. The van der Waals surface area contributed by atoms with Crippen LogP contribution in [0.5, 0.6) is 0 Å². The summed E-state index contributed by atoms with van der Waals surface area (Å²) in [5.41, 5.74) is 0.649. The average molecular weight is 278 g/mol. The predicted octanol–water partition coefficient (Wildman–Crippen LogP) is 1.23. The molecule has 0 aliphatic heterocycles. The molecule has 0 atom stereocenters. The molecule has 0 saturated carbocycles. The van der Waals surface area contributed by atoms with Crippen molar-refractivity contribution in [1.82, 2.24) is 10.6 Å². The Bertz CT molecular complexity index is 438. The van der Waals surface area contributed by atoms with Crippen LogP contribution in [0.4, 0.5) is 0 Å². The Kier molecular flexibility index (Phi) is 6.18. The van der Waals surface area contributed by atoms with Crippen molar-refractivity contribution >= 4 is 11.8 Å². The van der Waals surface area contributed by atoms with Crippen molar-refractivity contribution in [2.45, 2.75) is 32.9 Å². The van der Waals surface area contributed by atoms with Gasteiger partial charge >= 0.3 is 0 Å². The van der Waals surface area contributed by atoms with Gasteiger partial charge < -0.3 is 15.4 Å². The van der Waals surface area contributed by atoms with Crippen LogP contribution >= 0.6 is 0 Å². The molecule has 0 heterocycles. The van der Waals surface area contributed by atoms with Gasteiger partial charge in [0.1, 0.15) is 6.61 Å². The molecule has 0 aliphatic carbocycles. The van der Waals surface area contributed by atoms with Crippen LogP contribution in [0.15, 0.2) is 30.3 Å². The maximum atomic E-state index is 11.6. The Morgan fingerprint density at radius 1 is 1.05 bits per heavy atom. The topological polar surface area (TPSA) is 67.4 Å². The van der Waals surface area contributed by atoms with Gasteiger partial charge in [-0.25, -0.2) is 0 Å². The molecule has 0 saturated heterocycles. The summed E-state index contributed by atoms with van der Waals surface area (Å²) < 4.78 is 5.31. The second kappa shape index (κ2) is 7.65. The van der Waals surface area contributed by atoms with Crippen molar-refractivity contribution in [1.29, 1.82) is 0 Å². The van der Waals surface area contributed by atoms with Crippen molar-refractivity contribution in [3.05, 3.63) is 35.9 Å². The maximum absolute atomic E-state index is 11.6. The molecule has 5 nitrogen and oxygen atoms in total. The summed E-state index contributed by atoms with van der Waals surface area (Å²) >= 11 is 0. The second-order valence-corrected chi connectivity index (χ2v) is 5.44. The van der Waals surface area contributed by atoms with E-state index in [1.807, 2.05) is 51.1 Å². The number of nitrogens with one attached hydrogen (secondary N) is 2. The summed E-state index contributed by atoms with van der Waals surface area (Å²) in [6.07, 6.45) is 0. The average Bonchev–Trinajstić information content (AvgIpc) is 2.41. The Hall–Kier alpha value is -1.88. The first-order valence-corrected chi connectivity index (χ1v) is 6.58. The summed E-state index contributed by atoms with van der Waals surface area (Å²) in [6.45, 7) is 5.97. The van der Waals surface area contributed by atoms with Crippen LogP contribution in [0.3, 0.4) is 0 Å². The van der Waals surface area contributed by atoms with E-state index in [1.165, 1.54) is 0 Å². The molecule has 0 fully saturated rings. The summed E-state index contributed by atoms with van der Waals surface area (Å²) in [5, 5.41) is 5.25. The van der Waals surface area contributed by atoms with Gasteiger partial charge in [-0.05, 0) is 26.3 Å². The quantitative estimate of drug-likeness (QED) is 0.822. The van der Waals surface area contributed by atoms with Crippen LogP contribution in [0, 0.1) is 0 Å². The summed E-state index contributed by atoms with van der Waals surface area (Å²) in [6, 6.07) is 9.59. The number of benzene rings is 1. The number of amides is 2. The highest BCUT2D eigenvalue weighted by molar-refractivity contribution is 5.85. The fourth-order valence-corrected chi connectivity index (χ4v) is 1.37. The minimum Gasteiger partial charge on any atom is -0.366 e. The largest absolute Gasteiger partial charge is 0.366 e. The van der Waals surface area contributed by atoms with Gasteiger partial charge in [0.2, 0.25) is 11.8 Å². The zero-order chi connectivity index (χ0) is 15.0. The van der Waals surface area contributed by atoms with Crippen LogP contribution in [0.25, 0.3) is 0 Å². The van der Waals surface area contributed by atoms with Crippen molar-refractivity contribution in [2.75, 3.05) is 13.2 Å². The van der Waals surface area contributed by atoms with E-state index in [1.54, 1.807) is 0 Å². The molecule has 2 amide bonds. The lowest BCUT2D eigenvalue weighted by molar-refractivity contribution is -0.132. The van der Waals surface area contributed by atoms with Gasteiger partial charge in [0.25, 0.3) is 0 Å². The Morgan fingerprint density at radius 2 is 1.70 bits per heavy atom. The highest BCUT2D eigenvalue weighted by atomic mass is 16.5. The molecule has 0 radical (unpaired) electrons. The molecular formula is C15H22N2O3. The third kappa shape index (κ3) is 7.53. The fraction of sp³-hybridized carbons (Fsp3) is 0.467. The van der Waals surface area contributed by atoms with Crippen LogP contribution < -0.4 is 10.6 Å². The number of carbonyl (C=O) groups is 2. The molecule has 0 bridgehead atoms. The van der Waals surface area contributed by atoms with E-state index in [4.69, 9.17) is 4.74 Å². The molecule has 0 spiro atoms. The molecule has 1 aromatic carbocycles. The van der Waals surface area contributed by atoms with Gasteiger partial charge in [0.15, 0.2) is 0 Å². The molecule has 1 rings (SSSR count). The molecule has 5 heteroatoms. The fourth-order valence-electron chi connectivity index (χ4n) is 1.37. The zero-order valence-electron chi connectivity index (χ0n) is 12.2. The van der Waals surface area contributed by atoms with Crippen molar-refractivity contribution in [2.24, 2.45) is 0 Å². The zero-order valence-corrected chi connectivity index (χ0v) is 12.2. The lowest BCUT2D eigenvalue weighted by Crippen LogP contribution is -2.39. The molecule has 0 aromatic heterocycles. The highest BCUT2D eigenvalue weighted by Crippen LogP contribution is 2.05. The van der Waals surface area contributed by atoms with Crippen LogP contribution in [0.1, 0.15) is 26.3 Å². The minimum atomic E-state index is -0.368. The Morgan fingerprint density at radius 3 is 2.30 bits per heavy atom. The van der Waals surface area contributed by atoms with Crippen molar-refractivity contribution in [3.8, 4) is 0 Å². The minimum absolute atomic E-state index is 0.0425. The second-order valence-electron chi connectivity index (χ2n) is 5.44. The van der Waals surface area contributed by atoms with E-state index in [-0.39, 0.29) is 30.6 Å². The van der Waals surface area contributed by atoms with Gasteiger partial charge in [0, 0.05) is 6.54 Å². The molecule has 20 heavy (non-hydrogen) atoms. The molecule has 1 aromatic rings. The SMILES string of the molecule is CC(C)(C)OCC(=O)NCC(=O)NCc1ccccc1. The van der Waals surface area contributed by atoms with Gasteiger partial charge in [-0.3, -0.25) is 9.59 Å². The number of hydrogen-bond acceptors (Lipinski definition) is 3. The van der Waals surface area contributed by atoms with E-state index in [0.29, 0.717) is 6.54 Å². The first-order valence-electron chi connectivity index (χ1n) is 6.58. The Labute approximate surface area is 119 Å². The molecular weight excluding hydrogens is 256 g/mol. The normalized spacial score (nSPS) is 10.9. The highest BCUT2D eigenvalue weighted by Gasteiger charge is 2.13. The van der Waals surface area contributed by atoms with Gasteiger partial charge in [-0.15, -0.1) is 0 Å². The summed E-state index contributed by atoms with van der Waals surface area (Å²) in [5.74, 6) is -0.521. The van der Waals surface area contributed by atoms with Crippen LogP contribution in [0.2, 0.25) is 0 Å². The van der Waals surface area contributed by atoms with E-state index >= 15 is 0 Å². The van der Waals surface area contributed by atoms with E-state index in [2.05, 4.69) is 10.6 Å². The van der Waals surface area contributed by atoms with Crippen molar-refractivity contribution < 1.29 is 14.3 Å². The van der Waals surface area contributed by atoms with E-state index in [9.17, 15) is 9.59 Å². The molecule has 0 aliphatic rings. The number of ether oxygens (including phenoxy) is 1. The standard InChI is InChI=1S/C15H22N2O3/c1-15(2,3)20-11-14(19)17-10-13(18)16-9-12-7-5-4-6-8-12/h4-8H,9-11H2,1-3H3,(H,16,18)(H,17,19). The van der Waals surface area contributed by atoms with Gasteiger partial charge in [0.05, 0.1) is 12.1 Å². The lowest BCUT2D eigenvalue weighted by atomic mass is 10.2. The van der Waals surface area contributed by atoms with Gasteiger partial charge in [-0.1, -0.05) is 30.3 Å². The number of carbonyl (C=O) groups excluding carboxylic acids is 2. The monoisotopic (exact) mass is 278 g/mol. The molecule has 0 unspecified atom stereocenters. The third-order valence-corrected chi connectivity index (χ3v) is 2.41. The first-order chi connectivity index (χ1) is 9.37. The number of hydrogen-bond donors (Lipinski definition) is 2.